The Balaban J connectivity index is 2.18. The number of hydrogen-bond donors (Lipinski definition) is 2. The number of rotatable bonds is 3. The Morgan fingerprint density at radius 3 is 2.56 bits per heavy atom. The lowest BCUT2D eigenvalue weighted by atomic mass is 10.2. The summed E-state index contributed by atoms with van der Waals surface area (Å²) in [4.78, 5) is 25.9. The number of ether oxygens (including phenoxy) is 1. The summed E-state index contributed by atoms with van der Waals surface area (Å²) in [5.74, 6) is -0.728. The minimum Gasteiger partial charge on any atom is -0.496 e. The molecule has 18 heavy (non-hydrogen) atoms. The number of halogens is 1. The molecule has 0 atom stereocenters. The van der Waals surface area contributed by atoms with Crippen LogP contribution in [0.25, 0.3) is 0 Å². The van der Waals surface area contributed by atoms with Gasteiger partial charge in [0.2, 0.25) is 5.96 Å². The Morgan fingerprint density at radius 1 is 1.28 bits per heavy atom. The van der Waals surface area contributed by atoms with Crippen LogP contribution in [-0.2, 0) is 16.1 Å². The second-order valence-corrected chi connectivity index (χ2v) is 3.90. The van der Waals surface area contributed by atoms with E-state index >= 15 is 0 Å². The van der Waals surface area contributed by atoms with E-state index in [0.29, 0.717) is 16.3 Å². The number of nitrogens with zero attached hydrogens (tertiary/aromatic N) is 1. The minimum atomic E-state index is -0.722. The Kier molecular flexibility index (Phi) is 3.47. The van der Waals surface area contributed by atoms with Gasteiger partial charge in [0.15, 0.2) is 0 Å². The number of benzene rings is 1. The maximum absolute atomic E-state index is 10.9. The minimum absolute atomic E-state index is 0.118. The molecule has 1 aliphatic rings. The number of amides is 2. The summed E-state index contributed by atoms with van der Waals surface area (Å²) in [5.41, 5.74) is 0.685. The molecule has 0 radical (unpaired) electrons. The molecule has 0 unspecified atom stereocenters. The first-order chi connectivity index (χ1) is 8.61. The van der Waals surface area contributed by atoms with E-state index in [9.17, 15) is 9.59 Å². The SMILES string of the molecule is COc1cccc(Cl)c1CN=C1NC(=O)C(=O)N1. The van der Waals surface area contributed by atoms with Crippen molar-refractivity contribution in [2.24, 2.45) is 4.99 Å². The first-order valence-electron chi connectivity index (χ1n) is 5.10. The third-order valence-electron chi connectivity index (χ3n) is 2.36. The Morgan fingerprint density at radius 2 is 1.94 bits per heavy atom. The van der Waals surface area contributed by atoms with Gasteiger partial charge in [-0.2, -0.15) is 0 Å². The normalized spacial score (nSPS) is 14.2. The molecule has 94 valence electrons. The van der Waals surface area contributed by atoms with E-state index in [-0.39, 0.29) is 12.5 Å². The molecule has 1 aromatic carbocycles. The molecule has 1 heterocycles. The lowest BCUT2D eigenvalue weighted by Crippen LogP contribution is -2.25. The highest BCUT2D eigenvalue weighted by molar-refractivity contribution is 6.45. The second-order valence-electron chi connectivity index (χ2n) is 3.49. The molecule has 1 aromatic rings. The number of guanidine groups is 1. The van der Waals surface area contributed by atoms with Crippen molar-refractivity contribution in [1.82, 2.24) is 10.6 Å². The van der Waals surface area contributed by atoms with Crippen molar-refractivity contribution < 1.29 is 14.3 Å². The molecule has 7 heteroatoms. The van der Waals surface area contributed by atoms with Gasteiger partial charge in [-0.1, -0.05) is 17.7 Å². The summed E-state index contributed by atoms with van der Waals surface area (Å²) < 4.78 is 5.16. The van der Waals surface area contributed by atoms with E-state index in [1.54, 1.807) is 18.2 Å². The summed E-state index contributed by atoms with van der Waals surface area (Å²) in [7, 11) is 1.53. The molecular formula is C11H10ClN3O3. The lowest BCUT2D eigenvalue weighted by Gasteiger charge is -2.08. The van der Waals surface area contributed by atoms with E-state index in [2.05, 4.69) is 15.6 Å². The van der Waals surface area contributed by atoms with Crippen LogP contribution < -0.4 is 15.4 Å². The van der Waals surface area contributed by atoms with Gasteiger partial charge in [0, 0.05) is 10.6 Å². The topological polar surface area (TPSA) is 79.8 Å². The van der Waals surface area contributed by atoms with Crippen molar-refractivity contribution in [1.29, 1.82) is 0 Å². The predicted octanol–water partition coefficient (Wildman–Crippen LogP) is 0.451. The van der Waals surface area contributed by atoms with E-state index < -0.39 is 11.8 Å². The Bertz CT molecular complexity index is 524. The summed E-state index contributed by atoms with van der Waals surface area (Å²) >= 11 is 6.03. The quantitative estimate of drug-likeness (QED) is 0.781. The molecule has 0 aliphatic carbocycles. The number of hydrogen-bond acceptors (Lipinski definition) is 4. The van der Waals surface area contributed by atoms with E-state index in [1.807, 2.05) is 0 Å². The van der Waals surface area contributed by atoms with Gasteiger partial charge < -0.3 is 4.74 Å². The van der Waals surface area contributed by atoms with Gasteiger partial charge in [-0.3, -0.25) is 20.2 Å². The summed E-state index contributed by atoms with van der Waals surface area (Å²) in [6.45, 7) is 0.193. The van der Waals surface area contributed by atoms with Gasteiger partial charge in [-0.05, 0) is 12.1 Å². The van der Waals surface area contributed by atoms with Gasteiger partial charge >= 0.3 is 11.8 Å². The van der Waals surface area contributed by atoms with Gasteiger partial charge in [0.1, 0.15) is 5.75 Å². The largest absolute Gasteiger partial charge is 0.496 e. The zero-order valence-electron chi connectivity index (χ0n) is 9.49. The molecule has 0 aromatic heterocycles. The molecule has 2 amide bonds. The highest BCUT2D eigenvalue weighted by Gasteiger charge is 2.25. The standard InChI is InChI=1S/C11H10ClN3O3/c1-18-8-4-2-3-7(12)6(8)5-13-11-14-9(16)10(17)15-11/h2-4H,5H2,1H3,(H2,13,14,15,16,17). The van der Waals surface area contributed by atoms with Gasteiger partial charge in [-0.15, -0.1) is 0 Å². The van der Waals surface area contributed by atoms with Crippen LogP contribution in [0.5, 0.6) is 5.75 Å². The zero-order chi connectivity index (χ0) is 13.1. The molecule has 1 fully saturated rings. The monoisotopic (exact) mass is 267 g/mol. The highest BCUT2D eigenvalue weighted by atomic mass is 35.5. The molecule has 1 saturated heterocycles. The van der Waals surface area contributed by atoms with Crippen LogP contribution in [0, 0.1) is 0 Å². The number of carbonyl (C=O) groups excluding carboxylic acids is 2. The molecule has 0 saturated carbocycles. The third kappa shape index (κ3) is 2.43. The highest BCUT2D eigenvalue weighted by Crippen LogP contribution is 2.26. The maximum Gasteiger partial charge on any atom is 0.316 e. The van der Waals surface area contributed by atoms with Crippen molar-refractivity contribution in [3.63, 3.8) is 0 Å². The lowest BCUT2D eigenvalue weighted by molar-refractivity contribution is -0.135. The molecule has 0 spiro atoms. The number of carbonyl (C=O) groups is 2. The molecule has 6 nitrogen and oxygen atoms in total. The van der Waals surface area contributed by atoms with Crippen molar-refractivity contribution in [2.45, 2.75) is 6.54 Å². The molecule has 2 N–H and O–H groups in total. The fourth-order valence-corrected chi connectivity index (χ4v) is 1.71. The van der Waals surface area contributed by atoms with Crippen molar-refractivity contribution in [2.75, 3.05) is 7.11 Å². The van der Waals surface area contributed by atoms with Crippen LogP contribution in [0.15, 0.2) is 23.2 Å². The van der Waals surface area contributed by atoms with Crippen LogP contribution in [0.3, 0.4) is 0 Å². The predicted molar refractivity (Wildman–Crippen MR) is 65.4 cm³/mol. The first-order valence-corrected chi connectivity index (χ1v) is 5.47. The average Bonchev–Trinajstić information content (AvgIpc) is 2.67. The summed E-state index contributed by atoms with van der Waals surface area (Å²) in [6, 6.07) is 5.23. The first kappa shape index (κ1) is 12.4. The van der Waals surface area contributed by atoms with Crippen molar-refractivity contribution in [3.8, 4) is 5.75 Å². The smallest absolute Gasteiger partial charge is 0.316 e. The van der Waals surface area contributed by atoms with E-state index in [0.717, 1.165) is 0 Å². The number of methoxy groups -OCH3 is 1. The molecular weight excluding hydrogens is 258 g/mol. The van der Waals surface area contributed by atoms with Crippen LogP contribution in [0.1, 0.15) is 5.56 Å². The fourth-order valence-electron chi connectivity index (χ4n) is 1.48. The number of aliphatic imine (C=N–C) groups is 1. The van der Waals surface area contributed by atoms with Gasteiger partial charge in [0.05, 0.1) is 13.7 Å². The van der Waals surface area contributed by atoms with Crippen LogP contribution in [0.4, 0.5) is 0 Å². The van der Waals surface area contributed by atoms with Gasteiger partial charge in [0.25, 0.3) is 0 Å². The number of nitrogens with one attached hydrogen (secondary N) is 2. The van der Waals surface area contributed by atoms with Crippen molar-refractivity contribution >= 4 is 29.4 Å². The van der Waals surface area contributed by atoms with Crippen LogP contribution >= 0.6 is 11.6 Å². The van der Waals surface area contributed by atoms with E-state index in [4.69, 9.17) is 16.3 Å². The fraction of sp³-hybridized carbons (Fsp3) is 0.182. The second kappa shape index (κ2) is 5.05. The van der Waals surface area contributed by atoms with Crippen molar-refractivity contribution in [3.05, 3.63) is 28.8 Å². The maximum atomic E-state index is 10.9. The van der Waals surface area contributed by atoms with Crippen LogP contribution in [-0.4, -0.2) is 24.9 Å². The Labute approximate surface area is 108 Å². The molecule has 2 rings (SSSR count). The zero-order valence-corrected chi connectivity index (χ0v) is 10.2. The van der Waals surface area contributed by atoms with Crippen LogP contribution in [0.2, 0.25) is 5.02 Å². The average molecular weight is 268 g/mol. The summed E-state index contributed by atoms with van der Waals surface area (Å²) in [6.07, 6.45) is 0. The Hall–Kier alpha value is -2.08. The third-order valence-corrected chi connectivity index (χ3v) is 2.72. The van der Waals surface area contributed by atoms with E-state index in [1.165, 1.54) is 7.11 Å². The molecule has 1 aliphatic heterocycles. The summed E-state index contributed by atoms with van der Waals surface area (Å²) in [5, 5.41) is 5.10. The molecule has 0 bridgehead atoms. The van der Waals surface area contributed by atoms with Gasteiger partial charge in [-0.25, -0.2) is 4.99 Å².